The van der Waals surface area contributed by atoms with Gasteiger partial charge in [-0.25, -0.2) is 17.6 Å². The molecule has 0 atom stereocenters. The van der Waals surface area contributed by atoms with Crippen molar-refractivity contribution in [3.05, 3.63) is 65.6 Å². The standard InChI is InChI=1S/C16H12FN3O5S/c17-13-6-5-9(7-11(13)16(22)23)26(24,25)20-19-15(21)12-8-18-14-4-2-1-3-10(12)14/h1-8,18,20H,(H,19,21)(H,22,23). The van der Waals surface area contributed by atoms with Crippen molar-refractivity contribution in [2.75, 3.05) is 0 Å². The van der Waals surface area contributed by atoms with E-state index in [9.17, 15) is 22.4 Å². The van der Waals surface area contributed by atoms with E-state index < -0.39 is 38.2 Å². The first-order valence-corrected chi connectivity index (χ1v) is 8.69. The van der Waals surface area contributed by atoms with Crippen molar-refractivity contribution in [2.24, 2.45) is 0 Å². The molecule has 8 nitrogen and oxygen atoms in total. The van der Waals surface area contributed by atoms with Crippen LogP contribution in [0.4, 0.5) is 4.39 Å². The summed E-state index contributed by atoms with van der Waals surface area (Å²) in [6, 6.07) is 9.22. The molecule has 4 N–H and O–H groups in total. The van der Waals surface area contributed by atoms with E-state index in [4.69, 9.17) is 5.11 Å². The van der Waals surface area contributed by atoms with E-state index in [1.165, 1.54) is 6.20 Å². The smallest absolute Gasteiger partial charge is 0.338 e. The van der Waals surface area contributed by atoms with Crippen LogP contribution in [0.5, 0.6) is 0 Å². The zero-order valence-electron chi connectivity index (χ0n) is 13.0. The highest BCUT2D eigenvalue weighted by atomic mass is 32.2. The summed E-state index contributed by atoms with van der Waals surface area (Å²) in [7, 11) is -4.29. The van der Waals surface area contributed by atoms with Crippen LogP contribution in [-0.2, 0) is 10.0 Å². The Labute approximate surface area is 146 Å². The maximum absolute atomic E-state index is 13.4. The lowest BCUT2D eigenvalue weighted by Crippen LogP contribution is -2.41. The van der Waals surface area contributed by atoms with Gasteiger partial charge in [-0.2, -0.15) is 0 Å². The Morgan fingerprint density at radius 1 is 1.08 bits per heavy atom. The first kappa shape index (κ1) is 17.6. The third-order valence-corrected chi connectivity index (χ3v) is 4.86. The molecule has 0 bridgehead atoms. The topological polar surface area (TPSA) is 128 Å². The minimum Gasteiger partial charge on any atom is -0.478 e. The number of H-pyrrole nitrogens is 1. The molecule has 0 saturated heterocycles. The number of aromatic amines is 1. The number of benzene rings is 2. The van der Waals surface area contributed by atoms with Crippen LogP contribution >= 0.6 is 0 Å². The minimum absolute atomic E-state index is 0.216. The van der Waals surface area contributed by atoms with E-state index in [-0.39, 0.29) is 5.56 Å². The van der Waals surface area contributed by atoms with Crippen LogP contribution in [0.2, 0.25) is 0 Å². The number of aromatic nitrogens is 1. The third kappa shape index (κ3) is 3.27. The Kier molecular flexibility index (Phi) is 4.45. The quantitative estimate of drug-likeness (QED) is 0.503. The number of aromatic carboxylic acids is 1. The van der Waals surface area contributed by atoms with Crippen molar-refractivity contribution >= 4 is 32.8 Å². The number of rotatable bonds is 5. The molecule has 26 heavy (non-hydrogen) atoms. The fourth-order valence-electron chi connectivity index (χ4n) is 2.33. The van der Waals surface area contributed by atoms with Crippen LogP contribution in [0.3, 0.4) is 0 Å². The molecule has 134 valence electrons. The second kappa shape index (κ2) is 6.58. The van der Waals surface area contributed by atoms with E-state index in [0.717, 1.165) is 12.1 Å². The normalized spacial score (nSPS) is 11.4. The van der Waals surface area contributed by atoms with E-state index in [0.29, 0.717) is 17.0 Å². The molecule has 2 aromatic carbocycles. The summed E-state index contributed by atoms with van der Waals surface area (Å²) in [6.07, 6.45) is 1.43. The predicted molar refractivity (Wildman–Crippen MR) is 89.4 cm³/mol. The highest BCUT2D eigenvalue weighted by Gasteiger charge is 2.20. The van der Waals surface area contributed by atoms with Gasteiger partial charge in [-0.05, 0) is 24.3 Å². The van der Waals surface area contributed by atoms with Crippen LogP contribution < -0.4 is 10.3 Å². The highest BCUT2D eigenvalue weighted by molar-refractivity contribution is 7.89. The summed E-state index contributed by atoms with van der Waals surface area (Å²) >= 11 is 0. The molecule has 1 amide bonds. The number of amides is 1. The first-order chi connectivity index (χ1) is 12.3. The van der Waals surface area contributed by atoms with Gasteiger partial charge >= 0.3 is 5.97 Å². The van der Waals surface area contributed by atoms with E-state index in [2.05, 4.69) is 4.98 Å². The van der Waals surface area contributed by atoms with Crippen molar-refractivity contribution < 1.29 is 27.5 Å². The number of fused-ring (bicyclic) bond motifs is 1. The van der Waals surface area contributed by atoms with Gasteiger partial charge in [-0.15, -0.1) is 4.83 Å². The minimum atomic E-state index is -4.29. The van der Waals surface area contributed by atoms with Crippen molar-refractivity contribution in [2.45, 2.75) is 4.90 Å². The molecular weight excluding hydrogens is 365 g/mol. The van der Waals surface area contributed by atoms with Crippen LogP contribution in [0.15, 0.2) is 53.6 Å². The maximum atomic E-state index is 13.4. The molecule has 3 rings (SSSR count). The fourth-order valence-corrected chi connectivity index (χ4v) is 3.20. The number of hydrogen-bond acceptors (Lipinski definition) is 4. The number of carboxylic acid groups (broad SMARTS) is 1. The Bertz CT molecular complexity index is 1120. The van der Waals surface area contributed by atoms with E-state index in [1.807, 2.05) is 10.3 Å². The van der Waals surface area contributed by atoms with Crippen LogP contribution in [0.1, 0.15) is 20.7 Å². The monoisotopic (exact) mass is 377 g/mol. The SMILES string of the molecule is O=C(O)c1cc(S(=O)(=O)NNC(=O)c2c[nH]c3ccccc23)ccc1F. The van der Waals surface area contributed by atoms with Crippen molar-refractivity contribution in [3.8, 4) is 0 Å². The molecule has 3 aromatic rings. The van der Waals surface area contributed by atoms with Crippen molar-refractivity contribution in [3.63, 3.8) is 0 Å². The predicted octanol–water partition coefficient (Wildman–Crippen LogP) is 1.63. The molecule has 0 spiro atoms. The zero-order valence-corrected chi connectivity index (χ0v) is 13.8. The Morgan fingerprint density at radius 3 is 2.54 bits per heavy atom. The zero-order chi connectivity index (χ0) is 18.9. The Morgan fingerprint density at radius 2 is 1.81 bits per heavy atom. The number of carboxylic acids is 1. The summed E-state index contributed by atoms with van der Waals surface area (Å²) in [5, 5.41) is 9.47. The van der Waals surface area contributed by atoms with Gasteiger partial charge in [-0.1, -0.05) is 18.2 Å². The first-order valence-electron chi connectivity index (χ1n) is 7.21. The number of halogens is 1. The fraction of sp³-hybridized carbons (Fsp3) is 0. The molecule has 0 aliphatic heterocycles. The summed E-state index contributed by atoms with van der Waals surface area (Å²) < 4.78 is 37.8. The molecular formula is C16H12FN3O5S. The van der Waals surface area contributed by atoms with E-state index >= 15 is 0 Å². The summed E-state index contributed by atoms with van der Waals surface area (Å²) in [5.74, 6) is -3.40. The van der Waals surface area contributed by atoms with Crippen LogP contribution in [0.25, 0.3) is 10.9 Å². The molecule has 0 aliphatic carbocycles. The molecule has 0 unspecified atom stereocenters. The Balaban J connectivity index is 1.81. The second-order valence-electron chi connectivity index (χ2n) is 5.25. The summed E-state index contributed by atoms with van der Waals surface area (Å²) in [6.45, 7) is 0. The molecule has 0 aliphatic rings. The maximum Gasteiger partial charge on any atom is 0.338 e. The van der Waals surface area contributed by atoms with Crippen LogP contribution in [0, 0.1) is 5.82 Å². The molecule has 10 heteroatoms. The summed E-state index contributed by atoms with van der Waals surface area (Å²) in [4.78, 5) is 27.4. The molecule has 0 fully saturated rings. The van der Waals surface area contributed by atoms with Crippen molar-refractivity contribution in [1.29, 1.82) is 0 Å². The molecule has 1 heterocycles. The Hall–Kier alpha value is -3.24. The lowest BCUT2D eigenvalue weighted by atomic mass is 10.2. The van der Waals surface area contributed by atoms with Gasteiger partial charge < -0.3 is 10.1 Å². The van der Waals surface area contributed by atoms with Crippen LogP contribution in [-0.4, -0.2) is 30.4 Å². The van der Waals surface area contributed by atoms with Gasteiger partial charge in [0, 0.05) is 17.1 Å². The van der Waals surface area contributed by atoms with Gasteiger partial charge in [0.05, 0.1) is 16.0 Å². The summed E-state index contributed by atoms with van der Waals surface area (Å²) in [5.41, 5.74) is 2.16. The number of hydrogen-bond donors (Lipinski definition) is 4. The van der Waals surface area contributed by atoms with Crippen molar-refractivity contribution in [1.82, 2.24) is 15.2 Å². The molecule has 0 radical (unpaired) electrons. The number of sulfonamides is 1. The number of para-hydroxylation sites is 1. The number of carbonyl (C=O) groups excluding carboxylic acids is 1. The highest BCUT2D eigenvalue weighted by Crippen LogP contribution is 2.18. The average molecular weight is 377 g/mol. The molecule has 1 aromatic heterocycles. The van der Waals surface area contributed by atoms with Gasteiger partial charge in [0.25, 0.3) is 15.9 Å². The lowest BCUT2D eigenvalue weighted by molar-refractivity contribution is 0.0691. The largest absolute Gasteiger partial charge is 0.478 e. The number of hydrazine groups is 1. The number of carbonyl (C=O) groups is 2. The molecule has 0 saturated carbocycles. The van der Waals surface area contributed by atoms with Gasteiger partial charge in [0.1, 0.15) is 5.82 Å². The second-order valence-corrected chi connectivity index (χ2v) is 6.94. The average Bonchev–Trinajstić information content (AvgIpc) is 3.04. The van der Waals surface area contributed by atoms with Gasteiger partial charge in [0.2, 0.25) is 0 Å². The number of nitrogens with one attached hydrogen (secondary N) is 3. The van der Waals surface area contributed by atoms with Gasteiger partial charge in [0.15, 0.2) is 0 Å². The third-order valence-electron chi connectivity index (χ3n) is 3.61. The van der Waals surface area contributed by atoms with Gasteiger partial charge in [-0.3, -0.25) is 10.2 Å². The lowest BCUT2D eigenvalue weighted by Gasteiger charge is -2.09. The van der Waals surface area contributed by atoms with E-state index in [1.54, 1.807) is 24.3 Å².